The summed E-state index contributed by atoms with van der Waals surface area (Å²) in [4.78, 5) is 16.8. The average Bonchev–Trinajstić information content (AvgIpc) is 3.22. The fourth-order valence-electron chi connectivity index (χ4n) is 4.29. The van der Waals surface area contributed by atoms with Crippen LogP contribution in [0.2, 0.25) is 0 Å². The summed E-state index contributed by atoms with van der Waals surface area (Å²) in [6.45, 7) is 0.977. The number of benzene rings is 3. The summed E-state index contributed by atoms with van der Waals surface area (Å²) in [6, 6.07) is 17.2. The molecule has 0 saturated heterocycles. The van der Waals surface area contributed by atoms with Gasteiger partial charge in [0.15, 0.2) is 0 Å². The molecule has 4 aromatic rings. The monoisotopic (exact) mass is 456 g/mol. The van der Waals surface area contributed by atoms with Crippen LogP contribution in [0, 0.1) is 0 Å². The number of nitrogens with zero attached hydrogens (tertiary/aromatic N) is 2. The van der Waals surface area contributed by atoms with Gasteiger partial charge in [-0.1, -0.05) is 30.3 Å². The predicted molar refractivity (Wildman–Crippen MR) is 128 cm³/mol. The summed E-state index contributed by atoms with van der Waals surface area (Å²) in [5, 5.41) is 0. The zero-order valence-corrected chi connectivity index (χ0v) is 19.2. The Morgan fingerprint density at radius 3 is 2.71 bits per heavy atom. The van der Waals surface area contributed by atoms with E-state index in [9.17, 15) is 4.79 Å². The minimum Gasteiger partial charge on any atom is -0.497 e. The number of hydrogen-bond donors (Lipinski definition) is 0. The number of hydrogen-bond acceptors (Lipinski definition) is 6. The van der Waals surface area contributed by atoms with E-state index in [1.165, 1.54) is 7.11 Å². The first-order valence-corrected chi connectivity index (χ1v) is 10.8. The van der Waals surface area contributed by atoms with Crippen LogP contribution in [-0.2, 0) is 17.9 Å². The Morgan fingerprint density at radius 2 is 1.91 bits per heavy atom. The van der Waals surface area contributed by atoms with Gasteiger partial charge in [0.25, 0.3) is 0 Å². The van der Waals surface area contributed by atoms with Crippen LogP contribution in [0.25, 0.3) is 16.6 Å². The SMILES string of the molecule is COC(=O)c1ccc2c(c1)/C(=C/Cn1cnc3cc(OC)cc(OC)c31)c1ccccc1CO2. The third-order valence-corrected chi connectivity index (χ3v) is 5.98. The largest absolute Gasteiger partial charge is 0.497 e. The Bertz CT molecular complexity index is 1420. The van der Waals surface area contributed by atoms with Crippen LogP contribution in [0.5, 0.6) is 17.2 Å². The van der Waals surface area contributed by atoms with Crippen LogP contribution in [-0.4, -0.2) is 36.8 Å². The summed E-state index contributed by atoms with van der Waals surface area (Å²) < 4.78 is 24.0. The molecule has 0 radical (unpaired) electrons. The number of methoxy groups -OCH3 is 3. The summed E-state index contributed by atoms with van der Waals surface area (Å²) in [6.07, 6.45) is 3.91. The highest BCUT2D eigenvalue weighted by Crippen LogP contribution is 2.38. The molecule has 0 atom stereocenters. The van der Waals surface area contributed by atoms with Gasteiger partial charge in [-0.15, -0.1) is 0 Å². The van der Waals surface area contributed by atoms with Crippen LogP contribution in [0.4, 0.5) is 0 Å². The number of fused-ring (bicyclic) bond motifs is 3. The lowest BCUT2D eigenvalue weighted by atomic mass is 9.93. The topological polar surface area (TPSA) is 71.8 Å². The molecule has 0 amide bonds. The maximum absolute atomic E-state index is 12.2. The number of imidazole rings is 1. The summed E-state index contributed by atoms with van der Waals surface area (Å²) in [5.41, 5.74) is 6.07. The van der Waals surface area contributed by atoms with Gasteiger partial charge in [-0.05, 0) is 34.9 Å². The fraction of sp³-hybridized carbons (Fsp3) is 0.185. The molecule has 0 fully saturated rings. The van der Waals surface area contributed by atoms with E-state index in [4.69, 9.17) is 18.9 Å². The predicted octanol–water partition coefficient (Wildman–Crippen LogP) is 4.86. The number of allylic oxidation sites excluding steroid dienone is 1. The molecule has 1 aliphatic heterocycles. The van der Waals surface area contributed by atoms with E-state index in [2.05, 4.69) is 23.2 Å². The van der Waals surface area contributed by atoms with Crippen molar-refractivity contribution in [1.82, 2.24) is 9.55 Å². The number of ether oxygens (including phenoxy) is 4. The maximum Gasteiger partial charge on any atom is 0.337 e. The second-order valence-corrected chi connectivity index (χ2v) is 7.86. The molecule has 0 saturated carbocycles. The molecule has 34 heavy (non-hydrogen) atoms. The minimum absolute atomic E-state index is 0.390. The Labute approximate surface area is 197 Å². The lowest BCUT2D eigenvalue weighted by Gasteiger charge is -2.13. The second-order valence-electron chi connectivity index (χ2n) is 7.86. The van der Waals surface area contributed by atoms with Gasteiger partial charge in [-0.2, -0.15) is 0 Å². The van der Waals surface area contributed by atoms with E-state index in [-0.39, 0.29) is 5.97 Å². The van der Waals surface area contributed by atoms with E-state index < -0.39 is 0 Å². The van der Waals surface area contributed by atoms with Gasteiger partial charge in [0.2, 0.25) is 0 Å². The summed E-state index contributed by atoms with van der Waals surface area (Å²) in [7, 11) is 4.63. The van der Waals surface area contributed by atoms with Crippen molar-refractivity contribution in [3.63, 3.8) is 0 Å². The average molecular weight is 456 g/mol. The molecule has 1 aromatic heterocycles. The quantitative estimate of drug-likeness (QED) is 0.399. The Morgan fingerprint density at radius 1 is 1.06 bits per heavy atom. The first-order chi connectivity index (χ1) is 16.6. The Hall–Kier alpha value is -4.26. The van der Waals surface area contributed by atoms with Gasteiger partial charge in [-0.25, -0.2) is 9.78 Å². The highest BCUT2D eigenvalue weighted by atomic mass is 16.5. The number of esters is 1. The van der Waals surface area contributed by atoms with Crippen LogP contribution >= 0.6 is 0 Å². The molecule has 0 N–H and O–H groups in total. The number of rotatable bonds is 5. The van der Waals surface area contributed by atoms with Gasteiger partial charge >= 0.3 is 5.97 Å². The van der Waals surface area contributed by atoms with Crippen molar-refractivity contribution in [1.29, 1.82) is 0 Å². The van der Waals surface area contributed by atoms with Crippen LogP contribution in [0.3, 0.4) is 0 Å². The third-order valence-electron chi connectivity index (χ3n) is 5.98. The standard InChI is InChI=1S/C27H24N2O5/c1-31-19-13-23-26(25(14-19)32-2)29(16-28-23)11-10-21-20-7-5-4-6-18(20)15-34-24-9-8-17(12-22(21)24)27(30)33-3/h4-10,12-14,16H,11,15H2,1-3H3/b21-10+. The second kappa shape index (κ2) is 8.94. The molecule has 0 unspecified atom stereocenters. The molecule has 7 heteroatoms. The highest BCUT2D eigenvalue weighted by Gasteiger charge is 2.21. The van der Waals surface area contributed by atoms with Crippen molar-refractivity contribution < 1.29 is 23.7 Å². The number of aromatic nitrogens is 2. The zero-order chi connectivity index (χ0) is 23.7. The van der Waals surface area contributed by atoms with Crippen LogP contribution in [0.15, 0.2) is 67.0 Å². The molecular formula is C27H24N2O5. The first-order valence-electron chi connectivity index (χ1n) is 10.8. The molecule has 7 nitrogen and oxygen atoms in total. The van der Waals surface area contributed by atoms with Crippen molar-refractivity contribution in [3.8, 4) is 17.2 Å². The molecule has 2 heterocycles. The molecular weight excluding hydrogens is 432 g/mol. The number of carbonyl (C=O) groups excluding carboxylic acids is 1. The molecule has 172 valence electrons. The van der Waals surface area contributed by atoms with Crippen molar-refractivity contribution in [2.24, 2.45) is 0 Å². The summed E-state index contributed by atoms with van der Waals surface area (Å²) in [5.74, 6) is 1.70. The van der Waals surface area contributed by atoms with Crippen molar-refractivity contribution in [2.45, 2.75) is 13.2 Å². The molecule has 5 rings (SSSR count). The van der Waals surface area contributed by atoms with E-state index in [1.54, 1.807) is 26.6 Å². The van der Waals surface area contributed by atoms with E-state index in [1.807, 2.05) is 41.0 Å². The maximum atomic E-state index is 12.2. The van der Waals surface area contributed by atoms with E-state index in [0.717, 1.165) is 33.3 Å². The highest BCUT2D eigenvalue weighted by molar-refractivity contribution is 5.93. The van der Waals surface area contributed by atoms with Gasteiger partial charge < -0.3 is 23.5 Å². The van der Waals surface area contributed by atoms with E-state index in [0.29, 0.717) is 36.0 Å². The summed E-state index contributed by atoms with van der Waals surface area (Å²) >= 11 is 0. The molecule has 0 aliphatic carbocycles. The third kappa shape index (κ3) is 3.75. The van der Waals surface area contributed by atoms with Crippen molar-refractivity contribution in [3.05, 3.63) is 89.3 Å². The number of carbonyl (C=O) groups is 1. The van der Waals surface area contributed by atoms with Crippen molar-refractivity contribution in [2.75, 3.05) is 21.3 Å². The minimum atomic E-state index is -0.390. The van der Waals surface area contributed by atoms with Crippen LogP contribution < -0.4 is 14.2 Å². The molecule has 0 spiro atoms. The Balaban J connectivity index is 1.65. The lowest BCUT2D eigenvalue weighted by molar-refractivity contribution is 0.0600. The fourth-order valence-corrected chi connectivity index (χ4v) is 4.29. The normalized spacial score (nSPS) is 13.6. The molecule has 3 aromatic carbocycles. The molecule has 1 aliphatic rings. The zero-order valence-electron chi connectivity index (χ0n) is 19.2. The van der Waals surface area contributed by atoms with Crippen LogP contribution in [0.1, 0.15) is 27.0 Å². The molecule has 0 bridgehead atoms. The van der Waals surface area contributed by atoms with Gasteiger partial charge in [-0.3, -0.25) is 0 Å². The van der Waals surface area contributed by atoms with Crippen molar-refractivity contribution >= 4 is 22.6 Å². The van der Waals surface area contributed by atoms with E-state index >= 15 is 0 Å². The van der Waals surface area contributed by atoms with Gasteiger partial charge in [0.1, 0.15) is 29.4 Å². The van der Waals surface area contributed by atoms with Gasteiger partial charge in [0, 0.05) is 24.2 Å². The smallest absolute Gasteiger partial charge is 0.337 e. The van der Waals surface area contributed by atoms with Gasteiger partial charge in [0.05, 0.1) is 38.7 Å². The lowest BCUT2D eigenvalue weighted by Crippen LogP contribution is -2.03. The first kappa shape index (κ1) is 21.6. The Kier molecular flexibility index (Phi) is 5.67.